The van der Waals surface area contributed by atoms with Crippen molar-refractivity contribution in [1.29, 1.82) is 0 Å². The minimum absolute atomic E-state index is 0.0110. The SMILES string of the molecule is Cc1cc([N+](=O)[O-])ccc1Oc1cc(F)ccc1Br. The number of ether oxygens (including phenoxy) is 1. The van der Waals surface area contributed by atoms with Gasteiger partial charge < -0.3 is 4.74 Å². The first-order chi connectivity index (χ1) is 8.97. The van der Waals surface area contributed by atoms with Crippen LogP contribution in [0.5, 0.6) is 11.5 Å². The molecule has 2 rings (SSSR count). The number of nitro benzene ring substituents is 1. The summed E-state index contributed by atoms with van der Waals surface area (Å²) >= 11 is 3.25. The van der Waals surface area contributed by atoms with Crippen molar-refractivity contribution in [1.82, 2.24) is 0 Å². The molecule has 6 heteroatoms. The molecule has 0 aliphatic carbocycles. The van der Waals surface area contributed by atoms with E-state index in [9.17, 15) is 14.5 Å². The molecule has 0 saturated carbocycles. The van der Waals surface area contributed by atoms with Gasteiger partial charge in [-0.3, -0.25) is 10.1 Å². The molecule has 0 aliphatic heterocycles. The summed E-state index contributed by atoms with van der Waals surface area (Å²) in [7, 11) is 0. The Labute approximate surface area is 117 Å². The summed E-state index contributed by atoms with van der Waals surface area (Å²) in [6, 6.07) is 8.32. The number of halogens is 2. The van der Waals surface area contributed by atoms with Crippen molar-refractivity contribution in [3.8, 4) is 11.5 Å². The summed E-state index contributed by atoms with van der Waals surface area (Å²) in [5.74, 6) is 0.339. The Morgan fingerprint density at radius 1 is 1.21 bits per heavy atom. The smallest absolute Gasteiger partial charge is 0.269 e. The van der Waals surface area contributed by atoms with Gasteiger partial charge in [0.1, 0.15) is 17.3 Å². The zero-order chi connectivity index (χ0) is 14.0. The van der Waals surface area contributed by atoms with E-state index in [2.05, 4.69) is 15.9 Å². The van der Waals surface area contributed by atoms with Crippen molar-refractivity contribution in [2.24, 2.45) is 0 Å². The van der Waals surface area contributed by atoms with Crippen LogP contribution in [0.1, 0.15) is 5.56 Å². The van der Waals surface area contributed by atoms with Crippen molar-refractivity contribution >= 4 is 21.6 Å². The summed E-state index contributed by atoms with van der Waals surface area (Å²) in [4.78, 5) is 10.2. The van der Waals surface area contributed by atoms with E-state index >= 15 is 0 Å². The molecule has 0 unspecified atom stereocenters. The highest BCUT2D eigenvalue weighted by atomic mass is 79.9. The molecule has 0 bridgehead atoms. The average molecular weight is 326 g/mol. The summed E-state index contributed by atoms with van der Waals surface area (Å²) < 4.78 is 19.3. The van der Waals surface area contributed by atoms with Crippen LogP contribution in [0.3, 0.4) is 0 Å². The van der Waals surface area contributed by atoms with E-state index in [0.29, 0.717) is 21.5 Å². The summed E-state index contributed by atoms with van der Waals surface area (Å²) in [5, 5.41) is 10.6. The molecule has 2 aromatic rings. The lowest BCUT2D eigenvalue weighted by atomic mass is 10.2. The van der Waals surface area contributed by atoms with Crippen LogP contribution in [0, 0.1) is 22.9 Å². The highest BCUT2D eigenvalue weighted by molar-refractivity contribution is 9.10. The fourth-order valence-corrected chi connectivity index (χ4v) is 1.86. The highest BCUT2D eigenvalue weighted by Gasteiger charge is 2.11. The Hall–Kier alpha value is -1.95. The van der Waals surface area contributed by atoms with E-state index in [-0.39, 0.29) is 5.69 Å². The number of nitrogens with zero attached hydrogens (tertiary/aromatic N) is 1. The van der Waals surface area contributed by atoms with Gasteiger partial charge in [-0.2, -0.15) is 0 Å². The Balaban J connectivity index is 2.33. The molecule has 0 saturated heterocycles. The number of rotatable bonds is 3. The van der Waals surface area contributed by atoms with Gasteiger partial charge in [-0.05, 0) is 46.6 Å². The maximum atomic E-state index is 13.1. The van der Waals surface area contributed by atoms with E-state index in [0.717, 1.165) is 0 Å². The average Bonchev–Trinajstić information content (AvgIpc) is 2.36. The Morgan fingerprint density at radius 2 is 1.95 bits per heavy atom. The van der Waals surface area contributed by atoms with Gasteiger partial charge in [-0.25, -0.2) is 4.39 Å². The first-order valence-electron chi connectivity index (χ1n) is 5.35. The minimum atomic E-state index is -0.477. The van der Waals surface area contributed by atoms with E-state index in [1.807, 2.05) is 0 Å². The van der Waals surface area contributed by atoms with Gasteiger partial charge in [0.2, 0.25) is 0 Å². The standard InChI is InChI=1S/C13H9BrFNO3/c1-8-6-10(16(17)18)3-5-12(8)19-13-7-9(15)2-4-11(13)14/h2-7H,1H3. The molecule has 19 heavy (non-hydrogen) atoms. The third-order valence-corrected chi connectivity index (χ3v) is 3.14. The second-order valence-electron chi connectivity index (χ2n) is 3.88. The normalized spacial score (nSPS) is 10.3. The van der Waals surface area contributed by atoms with Gasteiger partial charge in [0, 0.05) is 18.2 Å². The fraction of sp³-hybridized carbons (Fsp3) is 0.0769. The molecule has 98 valence electrons. The summed E-state index contributed by atoms with van der Waals surface area (Å²) in [5.41, 5.74) is 0.591. The monoisotopic (exact) mass is 325 g/mol. The maximum absolute atomic E-state index is 13.1. The summed E-state index contributed by atoms with van der Waals surface area (Å²) in [6.45, 7) is 1.69. The van der Waals surface area contributed by atoms with Gasteiger partial charge in [-0.1, -0.05) is 0 Å². The topological polar surface area (TPSA) is 52.4 Å². The predicted octanol–water partition coefficient (Wildman–Crippen LogP) is 4.60. The molecule has 0 amide bonds. The van der Waals surface area contributed by atoms with Crippen LogP contribution in [-0.4, -0.2) is 4.92 Å². The van der Waals surface area contributed by atoms with Crippen LogP contribution < -0.4 is 4.74 Å². The molecule has 0 spiro atoms. The highest BCUT2D eigenvalue weighted by Crippen LogP contribution is 2.33. The molecule has 0 aliphatic rings. The molecule has 0 fully saturated rings. The molecule has 4 nitrogen and oxygen atoms in total. The van der Waals surface area contributed by atoms with Gasteiger partial charge >= 0.3 is 0 Å². The zero-order valence-corrected chi connectivity index (χ0v) is 11.5. The van der Waals surface area contributed by atoms with Gasteiger partial charge in [-0.15, -0.1) is 0 Å². The number of hydrogen-bond donors (Lipinski definition) is 0. The lowest BCUT2D eigenvalue weighted by molar-refractivity contribution is -0.384. The van der Waals surface area contributed by atoms with E-state index in [4.69, 9.17) is 4.74 Å². The number of non-ortho nitro benzene ring substituents is 1. The van der Waals surface area contributed by atoms with E-state index < -0.39 is 10.7 Å². The lowest BCUT2D eigenvalue weighted by Crippen LogP contribution is -1.92. The Morgan fingerprint density at radius 3 is 2.58 bits per heavy atom. The molecular formula is C13H9BrFNO3. The first kappa shape index (κ1) is 13.5. The van der Waals surface area contributed by atoms with Crippen LogP contribution in [-0.2, 0) is 0 Å². The van der Waals surface area contributed by atoms with Crippen molar-refractivity contribution in [2.45, 2.75) is 6.92 Å². The van der Waals surface area contributed by atoms with Crippen molar-refractivity contribution in [2.75, 3.05) is 0 Å². The number of benzene rings is 2. The quantitative estimate of drug-likeness (QED) is 0.612. The molecule has 2 aromatic carbocycles. The van der Waals surface area contributed by atoms with Crippen LogP contribution in [0.25, 0.3) is 0 Å². The summed E-state index contributed by atoms with van der Waals surface area (Å²) in [6.07, 6.45) is 0. The lowest BCUT2D eigenvalue weighted by Gasteiger charge is -2.10. The number of nitro groups is 1. The maximum Gasteiger partial charge on any atom is 0.269 e. The molecule has 0 atom stereocenters. The third-order valence-electron chi connectivity index (χ3n) is 2.48. The van der Waals surface area contributed by atoms with E-state index in [1.54, 1.807) is 6.92 Å². The largest absolute Gasteiger partial charge is 0.456 e. The van der Waals surface area contributed by atoms with Gasteiger partial charge in [0.15, 0.2) is 0 Å². The van der Waals surface area contributed by atoms with Gasteiger partial charge in [0.25, 0.3) is 5.69 Å². The predicted molar refractivity (Wildman–Crippen MR) is 72.0 cm³/mol. The number of aryl methyl sites for hydroxylation is 1. The Kier molecular flexibility index (Phi) is 3.80. The molecule has 0 heterocycles. The molecule has 0 N–H and O–H groups in total. The molecular weight excluding hydrogens is 317 g/mol. The molecule has 0 aromatic heterocycles. The molecule has 0 radical (unpaired) electrons. The van der Waals surface area contributed by atoms with Gasteiger partial charge in [0.05, 0.1) is 9.40 Å². The second kappa shape index (κ2) is 5.36. The fourth-order valence-electron chi connectivity index (χ4n) is 1.54. The number of hydrogen-bond acceptors (Lipinski definition) is 3. The van der Waals surface area contributed by atoms with Crippen LogP contribution in [0.4, 0.5) is 10.1 Å². The van der Waals surface area contributed by atoms with Crippen molar-refractivity contribution in [3.05, 3.63) is 62.4 Å². The second-order valence-corrected chi connectivity index (χ2v) is 4.74. The van der Waals surface area contributed by atoms with Crippen molar-refractivity contribution < 1.29 is 14.1 Å². The van der Waals surface area contributed by atoms with Crippen LogP contribution >= 0.6 is 15.9 Å². The van der Waals surface area contributed by atoms with Crippen LogP contribution in [0.2, 0.25) is 0 Å². The van der Waals surface area contributed by atoms with Crippen molar-refractivity contribution in [3.63, 3.8) is 0 Å². The Bertz CT molecular complexity index is 646. The van der Waals surface area contributed by atoms with Crippen LogP contribution in [0.15, 0.2) is 40.9 Å². The van der Waals surface area contributed by atoms with E-state index in [1.165, 1.54) is 36.4 Å². The third kappa shape index (κ3) is 3.08. The minimum Gasteiger partial charge on any atom is -0.456 e. The first-order valence-corrected chi connectivity index (χ1v) is 6.14. The zero-order valence-electron chi connectivity index (χ0n) is 9.89.